The Bertz CT molecular complexity index is 2760. The highest BCUT2D eigenvalue weighted by molar-refractivity contribution is 7.90. The van der Waals surface area contributed by atoms with E-state index in [1.54, 1.807) is 133 Å². The van der Waals surface area contributed by atoms with Crippen LogP contribution in [0, 0.1) is 27.7 Å². The SMILES string of the molecule is Cc1ccc(S(=O)(=O)N2CCNCCN(S(=O)(=O)c3ccc(C)cc3)Cc3cccc(n3)CN(S(=O)(=O)c3ccc(C)cc3)CCNCCN(S(=O)(=O)c3ccc(C)cc3)Cc3cccc(n3)C2)cc1. The van der Waals surface area contributed by atoms with Crippen LogP contribution in [0.15, 0.2) is 153 Å². The third kappa shape index (κ3) is 13.2. The summed E-state index contributed by atoms with van der Waals surface area (Å²) >= 11 is 0. The summed E-state index contributed by atoms with van der Waals surface area (Å²) in [5.41, 5.74) is 5.08. The number of fused-ring (bicyclic) bond motifs is 4. The Morgan fingerprint density at radius 3 is 0.729 bits per heavy atom. The maximum atomic E-state index is 14.3. The molecule has 0 fully saturated rings. The molecule has 2 N–H and O–H groups in total. The van der Waals surface area contributed by atoms with Crippen molar-refractivity contribution in [1.82, 2.24) is 37.8 Å². The van der Waals surface area contributed by atoms with Crippen LogP contribution in [-0.4, -0.2) is 113 Å². The van der Waals surface area contributed by atoms with Crippen LogP contribution >= 0.6 is 0 Å². The van der Waals surface area contributed by atoms with Crippen LogP contribution in [0.2, 0.25) is 0 Å². The minimum atomic E-state index is -4.09. The second-order valence-corrected chi connectivity index (χ2v) is 25.1. The number of nitrogens with one attached hydrogen (secondary N) is 2. The summed E-state index contributed by atoms with van der Waals surface area (Å²) in [6.45, 7) is 7.37. The quantitative estimate of drug-likeness (QED) is 0.198. The van der Waals surface area contributed by atoms with Crippen molar-refractivity contribution in [2.24, 2.45) is 0 Å². The van der Waals surface area contributed by atoms with Crippen molar-refractivity contribution in [3.63, 3.8) is 0 Å². The van der Waals surface area contributed by atoms with E-state index in [0.29, 0.717) is 22.8 Å². The minimum Gasteiger partial charge on any atom is -0.314 e. The second kappa shape index (κ2) is 22.9. The van der Waals surface area contributed by atoms with E-state index in [9.17, 15) is 33.7 Å². The second-order valence-electron chi connectivity index (χ2n) is 17.3. The third-order valence-electron chi connectivity index (χ3n) is 11.9. The molecule has 6 aromatic rings. The number of hydrogen-bond acceptors (Lipinski definition) is 12. The Balaban J connectivity index is 1.24. The van der Waals surface area contributed by atoms with E-state index in [-0.39, 0.29) is 98.1 Å². The first-order chi connectivity index (χ1) is 33.3. The number of aryl methyl sites for hydroxylation is 4. The van der Waals surface area contributed by atoms with Crippen molar-refractivity contribution in [2.45, 2.75) is 73.5 Å². The lowest BCUT2D eigenvalue weighted by Crippen LogP contribution is -2.41. The average molecular weight is 1030 g/mol. The van der Waals surface area contributed by atoms with Crippen molar-refractivity contribution in [3.8, 4) is 0 Å². The number of benzene rings is 4. The molecule has 70 heavy (non-hydrogen) atoms. The Labute approximate surface area is 413 Å². The van der Waals surface area contributed by atoms with E-state index < -0.39 is 40.1 Å². The Kier molecular flexibility index (Phi) is 17.2. The zero-order valence-electron chi connectivity index (χ0n) is 39.8. The fourth-order valence-corrected chi connectivity index (χ4v) is 13.4. The Morgan fingerprint density at radius 1 is 0.329 bits per heavy atom. The molecule has 0 amide bonds. The zero-order valence-corrected chi connectivity index (χ0v) is 43.0. The van der Waals surface area contributed by atoms with Crippen LogP contribution in [0.25, 0.3) is 0 Å². The minimum absolute atomic E-state index is 0.0158. The number of rotatable bonds is 8. The fraction of sp³-hybridized carbons (Fsp3) is 0.320. The molecule has 0 unspecified atom stereocenters. The van der Waals surface area contributed by atoms with E-state index in [0.717, 1.165) is 22.3 Å². The molecule has 0 saturated carbocycles. The molecule has 0 atom stereocenters. The zero-order chi connectivity index (χ0) is 50.1. The monoisotopic (exact) mass is 1030 g/mol. The summed E-state index contributed by atoms with van der Waals surface area (Å²) in [5, 5.41) is 6.50. The number of aromatic nitrogens is 2. The molecule has 0 spiro atoms. The van der Waals surface area contributed by atoms with Gasteiger partial charge in [0, 0.05) is 52.4 Å². The smallest absolute Gasteiger partial charge is 0.243 e. The van der Waals surface area contributed by atoms with Crippen molar-refractivity contribution in [1.29, 1.82) is 0 Å². The summed E-state index contributed by atoms with van der Waals surface area (Å²) in [7, 11) is -16.3. The van der Waals surface area contributed by atoms with Crippen LogP contribution in [0.4, 0.5) is 0 Å². The van der Waals surface area contributed by atoms with Crippen LogP contribution in [0.1, 0.15) is 45.0 Å². The molecule has 372 valence electrons. The molecule has 20 heteroatoms. The van der Waals surface area contributed by atoms with Gasteiger partial charge in [-0.05, 0) is 100 Å². The van der Waals surface area contributed by atoms with Gasteiger partial charge >= 0.3 is 0 Å². The summed E-state index contributed by atoms with van der Waals surface area (Å²) in [4.78, 5) is 9.95. The van der Waals surface area contributed by atoms with E-state index in [2.05, 4.69) is 10.6 Å². The van der Waals surface area contributed by atoms with Gasteiger partial charge in [0.2, 0.25) is 40.1 Å². The molecule has 0 radical (unpaired) electrons. The van der Waals surface area contributed by atoms with Crippen LogP contribution in [0.3, 0.4) is 0 Å². The predicted molar refractivity (Wildman–Crippen MR) is 269 cm³/mol. The molecule has 4 aromatic carbocycles. The molecular weight excluding hydrogens is 969 g/mol. The lowest BCUT2D eigenvalue weighted by molar-refractivity contribution is 0.367. The van der Waals surface area contributed by atoms with Crippen molar-refractivity contribution >= 4 is 40.1 Å². The summed E-state index contributed by atoms with van der Waals surface area (Å²) in [6.07, 6.45) is 0. The van der Waals surface area contributed by atoms with Gasteiger partial charge in [0.05, 0.1) is 68.5 Å². The number of sulfonamides is 4. The van der Waals surface area contributed by atoms with Crippen LogP contribution in [-0.2, 0) is 66.3 Å². The molecule has 1 aliphatic rings. The summed E-state index contributed by atoms with van der Waals surface area (Å²) < 4.78 is 120. The first-order valence-electron chi connectivity index (χ1n) is 22.9. The number of nitrogens with zero attached hydrogens (tertiary/aromatic N) is 6. The van der Waals surface area contributed by atoms with Crippen LogP contribution < -0.4 is 10.6 Å². The van der Waals surface area contributed by atoms with E-state index >= 15 is 0 Å². The van der Waals surface area contributed by atoms with Gasteiger partial charge in [-0.25, -0.2) is 33.7 Å². The third-order valence-corrected chi connectivity index (χ3v) is 19.3. The van der Waals surface area contributed by atoms with Gasteiger partial charge in [-0.2, -0.15) is 17.2 Å². The lowest BCUT2D eigenvalue weighted by Gasteiger charge is -2.26. The highest BCUT2D eigenvalue weighted by Gasteiger charge is 2.30. The Morgan fingerprint density at radius 2 is 0.529 bits per heavy atom. The number of hydrogen-bond donors (Lipinski definition) is 2. The fourth-order valence-electron chi connectivity index (χ4n) is 7.77. The van der Waals surface area contributed by atoms with Gasteiger partial charge in [0.1, 0.15) is 0 Å². The average Bonchev–Trinajstić information content (AvgIpc) is 3.32. The first-order valence-corrected chi connectivity index (χ1v) is 28.7. The highest BCUT2D eigenvalue weighted by Crippen LogP contribution is 2.24. The maximum Gasteiger partial charge on any atom is 0.243 e. The lowest BCUT2D eigenvalue weighted by atomic mass is 10.2. The summed E-state index contributed by atoms with van der Waals surface area (Å²) in [5.74, 6) is 0. The standard InChI is InChI=1S/C50H60N8O8S4/c1-39-11-19-47(20-12-39)67(59,60)55-31-27-51-28-32-56(68(61,62)48-21-13-40(2)14-22-48)37-45-9-6-10-46(54-45)38-58(70(65,66)50-25-17-42(4)18-26-50)34-30-52-29-33-57(36-44-8-5-7-43(35-55)53-44)69(63,64)49-23-15-41(3)16-24-49/h5-26,51-52H,27-38H2,1-4H3. The topological polar surface area (TPSA) is 199 Å². The van der Waals surface area contributed by atoms with Crippen LogP contribution in [0.5, 0.6) is 0 Å². The molecular formula is C50H60N8O8S4. The van der Waals surface area contributed by atoms with Gasteiger partial charge in [0.15, 0.2) is 0 Å². The molecule has 7 rings (SSSR count). The number of pyridine rings is 2. The van der Waals surface area contributed by atoms with E-state index in [4.69, 9.17) is 9.97 Å². The maximum absolute atomic E-state index is 14.3. The van der Waals surface area contributed by atoms with Gasteiger partial charge in [-0.1, -0.05) is 82.9 Å². The van der Waals surface area contributed by atoms with Gasteiger partial charge in [-0.3, -0.25) is 9.97 Å². The van der Waals surface area contributed by atoms with Crippen molar-refractivity contribution in [3.05, 3.63) is 178 Å². The van der Waals surface area contributed by atoms with E-state index in [1.165, 1.54) is 17.2 Å². The normalized spacial score (nSPS) is 16.9. The molecule has 1 aliphatic heterocycles. The van der Waals surface area contributed by atoms with Gasteiger partial charge in [0.25, 0.3) is 0 Å². The molecule has 0 aliphatic carbocycles. The molecule has 16 nitrogen and oxygen atoms in total. The highest BCUT2D eigenvalue weighted by atomic mass is 32.2. The first kappa shape index (κ1) is 52.6. The van der Waals surface area contributed by atoms with Crippen molar-refractivity contribution < 1.29 is 33.7 Å². The van der Waals surface area contributed by atoms with Gasteiger partial charge in [-0.15, -0.1) is 0 Å². The molecule has 0 saturated heterocycles. The van der Waals surface area contributed by atoms with E-state index in [1.807, 2.05) is 27.7 Å². The van der Waals surface area contributed by atoms with Crippen molar-refractivity contribution in [2.75, 3.05) is 52.4 Å². The van der Waals surface area contributed by atoms with Gasteiger partial charge < -0.3 is 10.6 Å². The summed E-state index contributed by atoms with van der Waals surface area (Å²) in [6, 6.07) is 36.3. The molecule has 4 bridgehead atoms. The Hall–Kier alpha value is -5.26. The molecule has 3 heterocycles. The largest absolute Gasteiger partial charge is 0.314 e. The predicted octanol–water partition coefficient (Wildman–Crippen LogP) is 5.37. The molecule has 2 aromatic heterocycles.